The number of carbonyl (C=O) groups excluding carboxylic acids is 1. The minimum Gasteiger partial charge on any atom is -0.334 e. The molecule has 19 heavy (non-hydrogen) atoms. The van der Waals surface area contributed by atoms with Crippen molar-refractivity contribution in [1.29, 1.82) is 0 Å². The molecule has 1 aliphatic heterocycles. The maximum atomic E-state index is 12.6. The third kappa shape index (κ3) is 3.57. The van der Waals surface area contributed by atoms with Gasteiger partial charge in [-0.15, -0.1) is 0 Å². The number of aryl methyl sites for hydroxylation is 1. The molecule has 2 rings (SSSR count). The molecule has 3 nitrogen and oxygen atoms in total. The highest BCUT2D eigenvalue weighted by Gasteiger charge is 2.26. The number of hydrogen-bond donors (Lipinski definition) is 1. The van der Waals surface area contributed by atoms with E-state index in [4.69, 9.17) is 0 Å². The molecule has 1 saturated heterocycles. The highest BCUT2D eigenvalue weighted by atomic mass is 16.2. The molecule has 1 heterocycles. The fraction of sp³-hybridized carbons (Fsp3) is 0.562. The lowest BCUT2D eigenvalue weighted by Crippen LogP contribution is -2.48. The lowest BCUT2D eigenvalue weighted by molar-refractivity contribution is 0.0613. The van der Waals surface area contributed by atoms with E-state index in [9.17, 15) is 4.79 Å². The van der Waals surface area contributed by atoms with Crippen molar-refractivity contribution in [3.8, 4) is 0 Å². The van der Waals surface area contributed by atoms with Crippen molar-refractivity contribution in [1.82, 2.24) is 10.2 Å². The summed E-state index contributed by atoms with van der Waals surface area (Å²) < 4.78 is 0. The van der Waals surface area contributed by atoms with E-state index in [1.165, 1.54) is 12.0 Å². The van der Waals surface area contributed by atoms with Crippen LogP contribution in [0.1, 0.15) is 42.1 Å². The van der Waals surface area contributed by atoms with Crippen LogP contribution >= 0.6 is 0 Å². The lowest BCUT2D eigenvalue weighted by atomic mass is 10.0. The number of benzene rings is 1. The normalized spacial score (nSPS) is 19.5. The molecule has 0 aliphatic carbocycles. The second-order valence-electron chi connectivity index (χ2n) is 5.32. The van der Waals surface area contributed by atoms with Gasteiger partial charge in [-0.05, 0) is 44.9 Å². The van der Waals surface area contributed by atoms with Crippen molar-refractivity contribution in [2.75, 3.05) is 19.6 Å². The number of nitrogens with one attached hydrogen (secondary N) is 1. The number of likely N-dealkylation sites (tertiary alicyclic amines) is 1. The van der Waals surface area contributed by atoms with Crippen LogP contribution in [0.3, 0.4) is 0 Å². The zero-order valence-electron chi connectivity index (χ0n) is 12.0. The molecule has 0 radical (unpaired) electrons. The van der Waals surface area contributed by atoms with Gasteiger partial charge in [0.25, 0.3) is 5.91 Å². The number of nitrogens with zero attached hydrogens (tertiary/aromatic N) is 1. The number of rotatable bonds is 4. The van der Waals surface area contributed by atoms with Gasteiger partial charge in [-0.1, -0.05) is 24.6 Å². The first kappa shape index (κ1) is 14.1. The molecule has 3 heteroatoms. The van der Waals surface area contributed by atoms with Gasteiger partial charge in [0.15, 0.2) is 0 Å². The zero-order chi connectivity index (χ0) is 13.7. The molecular formula is C16H24N2O. The number of piperidine rings is 1. The molecule has 1 aliphatic rings. The summed E-state index contributed by atoms with van der Waals surface area (Å²) >= 11 is 0. The van der Waals surface area contributed by atoms with E-state index in [0.717, 1.165) is 38.0 Å². The van der Waals surface area contributed by atoms with Crippen molar-refractivity contribution in [2.45, 2.75) is 39.2 Å². The topological polar surface area (TPSA) is 32.3 Å². The Kier molecular flexibility index (Phi) is 4.97. The summed E-state index contributed by atoms with van der Waals surface area (Å²) in [6.45, 7) is 6.91. The van der Waals surface area contributed by atoms with Crippen LogP contribution < -0.4 is 5.32 Å². The molecule has 0 saturated carbocycles. The van der Waals surface area contributed by atoms with E-state index in [-0.39, 0.29) is 5.91 Å². The number of likely N-dealkylation sites (N-methyl/N-ethyl adjacent to an activating group) is 1. The molecule has 0 aromatic heterocycles. The summed E-state index contributed by atoms with van der Waals surface area (Å²) in [5.41, 5.74) is 2.01. The first-order chi connectivity index (χ1) is 9.22. The van der Waals surface area contributed by atoms with Gasteiger partial charge in [0.2, 0.25) is 0 Å². The van der Waals surface area contributed by atoms with Crippen LogP contribution in [0.2, 0.25) is 0 Å². The van der Waals surface area contributed by atoms with Gasteiger partial charge in [-0.25, -0.2) is 0 Å². The van der Waals surface area contributed by atoms with Crippen molar-refractivity contribution < 1.29 is 4.79 Å². The molecule has 1 amide bonds. The molecule has 0 spiro atoms. The van der Waals surface area contributed by atoms with Crippen LogP contribution in [0.4, 0.5) is 0 Å². The highest BCUT2D eigenvalue weighted by Crippen LogP contribution is 2.19. The molecule has 1 N–H and O–H groups in total. The summed E-state index contributed by atoms with van der Waals surface area (Å²) in [5, 5.41) is 3.37. The van der Waals surface area contributed by atoms with Gasteiger partial charge < -0.3 is 10.2 Å². The Morgan fingerprint density at radius 1 is 1.32 bits per heavy atom. The summed E-state index contributed by atoms with van der Waals surface area (Å²) in [4.78, 5) is 14.6. The third-order valence-corrected chi connectivity index (χ3v) is 3.82. The summed E-state index contributed by atoms with van der Waals surface area (Å²) in [7, 11) is 0. The molecular weight excluding hydrogens is 236 g/mol. The highest BCUT2D eigenvalue weighted by molar-refractivity contribution is 5.94. The Labute approximate surface area is 116 Å². The standard InChI is InChI=1S/C16H24N2O/c1-3-17-12-15-6-4-5-11-18(15)16(19)14-9-7-13(2)8-10-14/h7-10,15,17H,3-6,11-12H2,1-2H3. The van der Waals surface area contributed by atoms with Crippen LogP contribution in [0.15, 0.2) is 24.3 Å². The molecule has 0 bridgehead atoms. The number of carbonyl (C=O) groups is 1. The molecule has 1 aromatic rings. The van der Waals surface area contributed by atoms with Crippen LogP contribution in [-0.4, -0.2) is 36.5 Å². The van der Waals surface area contributed by atoms with Crippen molar-refractivity contribution in [2.24, 2.45) is 0 Å². The fourth-order valence-corrected chi connectivity index (χ4v) is 2.65. The van der Waals surface area contributed by atoms with Crippen LogP contribution in [0.5, 0.6) is 0 Å². The Morgan fingerprint density at radius 3 is 2.74 bits per heavy atom. The summed E-state index contributed by atoms with van der Waals surface area (Å²) in [5.74, 6) is 0.183. The Hall–Kier alpha value is -1.35. The van der Waals surface area contributed by atoms with E-state index in [0.29, 0.717) is 6.04 Å². The first-order valence-corrected chi connectivity index (χ1v) is 7.30. The second-order valence-corrected chi connectivity index (χ2v) is 5.32. The van der Waals surface area contributed by atoms with Gasteiger partial charge in [0.1, 0.15) is 0 Å². The third-order valence-electron chi connectivity index (χ3n) is 3.82. The average Bonchev–Trinajstić information content (AvgIpc) is 2.45. The maximum absolute atomic E-state index is 12.6. The number of amides is 1. The maximum Gasteiger partial charge on any atom is 0.254 e. The van der Waals surface area contributed by atoms with Gasteiger partial charge >= 0.3 is 0 Å². The van der Waals surface area contributed by atoms with Crippen molar-refractivity contribution in [3.63, 3.8) is 0 Å². The van der Waals surface area contributed by atoms with Crippen LogP contribution in [-0.2, 0) is 0 Å². The molecule has 1 fully saturated rings. The molecule has 1 aromatic carbocycles. The average molecular weight is 260 g/mol. The van der Waals surface area contributed by atoms with E-state index in [1.54, 1.807) is 0 Å². The number of hydrogen-bond acceptors (Lipinski definition) is 2. The second kappa shape index (κ2) is 6.71. The first-order valence-electron chi connectivity index (χ1n) is 7.30. The van der Waals surface area contributed by atoms with Crippen molar-refractivity contribution >= 4 is 5.91 Å². The Morgan fingerprint density at radius 2 is 2.05 bits per heavy atom. The Balaban J connectivity index is 2.08. The monoisotopic (exact) mass is 260 g/mol. The van der Waals surface area contributed by atoms with Gasteiger partial charge in [-0.3, -0.25) is 4.79 Å². The predicted octanol–water partition coefficient (Wildman–Crippen LogP) is 2.60. The van der Waals surface area contributed by atoms with Crippen molar-refractivity contribution in [3.05, 3.63) is 35.4 Å². The van der Waals surface area contributed by atoms with Gasteiger partial charge in [-0.2, -0.15) is 0 Å². The smallest absolute Gasteiger partial charge is 0.254 e. The minimum absolute atomic E-state index is 0.183. The van der Waals surface area contributed by atoms with Gasteiger partial charge in [0, 0.05) is 24.7 Å². The minimum atomic E-state index is 0.183. The van der Waals surface area contributed by atoms with Gasteiger partial charge in [0.05, 0.1) is 0 Å². The predicted molar refractivity (Wildman–Crippen MR) is 78.4 cm³/mol. The van der Waals surface area contributed by atoms with E-state index >= 15 is 0 Å². The van der Waals surface area contributed by atoms with E-state index < -0.39 is 0 Å². The SMILES string of the molecule is CCNCC1CCCCN1C(=O)c1ccc(C)cc1. The zero-order valence-corrected chi connectivity index (χ0v) is 12.0. The fourth-order valence-electron chi connectivity index (χ4n) is 2.65. The quantitative estimate of drug-likeness (QED) is 0.902. The molecule has 104 valence electrons. The molecule has 1 atom stereocenters. The lowest BCUT2D eigenvalue weighted by Gasteiger charge is -2.36. The molecule has 1 unspecified atom stereocenters. The van der Waals surface area contributed by atoms with Crippen LogP contribution in [0.25, 0.3) is 0 Å². The van der Waals surface area contributed by atoms with E-state index in [2.05, 4.69) is 17.1 Å². The van der Waals surface area contributed by atoms with E-state index in [1.807, 2.05) is 31.2 Å². The summed E-state index contributed by atoms with van der Waals surface area (Å²) in [6, 6.07) is 8.25. The largest absolute Gasteiger partial charge is 0.334 e. The summed E-state index contributed by atoms with van der Waals surface area (Å²) in [6.07, 6.45) is 3.47. The van der Waals surface area contributed by atoms with Crippen LogP contribution in [0, 0.1) is 6.92 Å². The Bertz CT molecular complexity index is 413.